The van der Waals surface area contributed by atoms with Crippen LogP contribution in [0.2, 0.25) is 0 Å². The largest absolute Gasteiger partial charge is 0.497 e. The number of hydrogen-bond acceptors (Lipinski definition) is 3. The highest BCUT2D eigenvalue weighted by Crippen LogP contribution is 2.14. The molecule has 0 saturated carbocycles. The van der Waals surface area contributed by atoms with Gasteiger partial charge in [-0.1, -0.05) is 30.3 Å². The Hall–Kier alpha value is -2.33. The SMILES string of the molecule is COc1ccc(CN(C)Cc2cccc(C(=N)N)c2)cc1. The van der Waals surface area contributed by atoms with Gasteiger partial charge in [0.05, 0.1) is 7.11 Å². The molecule has 2 rings (SSSR count). The predicted octanol–water partition coefficient (Wildman–Crippen LogP) is 2.61. The Labute approximate surface area is 125 Å². The van der Waals surface area contributed by atoms with Gasteiger partial charge in [0.2, 0.25) is 0 Å². The molecule has 0 saturated heterocycles. The van der Waals surface area contributed by atoms with Crippen LogP contribution in [0.15, 0.2) is 48.5 Å². The van der Waals surface area contributed by atoms with Gasteiger partial charge in [-0.3, -0.25) is 10.3 Å². The molecule has 0 radical (unpaired) electrons. The number of ether oxygens (including phenoxy) is 1. The zero-order valence-electron chi connectivity index (χ0n) is 12.5. The number of hydrogen-bond donors (Lipinski definition) is 2. The molecule has 0 amide bonds. The van der Waals surface area contributed by atoms with E-state index < -0.39 is 0 Å². The summed E-state index contributed by atoms with van der Waals surface area (Å²) in [6.07, 6.45) is 0. The van der Waals surface area contributed by atoms with Gasteiger partial charge in [-0.15, -0.1) is 0 Å². The van der Waals surface area contributed by atoms with Gasteiger partial charge in [0.15, 0.2) is 0 Å². The van der Waals surface area contributed by atoms with Crippen molar-refractivity contribution < 1.29 is 4.74 Å². The smallest absolute Gasteiger partial charge is 0.122 e. The Bertz CT molecular complexity index is 608. The molecule has 0 bridgehead atoms. The van der Waals surface area contributed by atoms with Crippen LogP contribution in [-0.2, 0) is 13.1 Å². The Morgan fingerprint density at radius 3 is 2.38 bits per heavy atom. The normalized spacial score (nSPS) is 10.6. The summed E-state index contributed by atoms with van der Waals surface area (Å²) in [5.74, 6) is 0.977. The highest BCUT2D eigenvalue weighted by Gasteiger charge is 2.04. The number of rotatable bonds is 6. The molecule has 0 spiro atoms. The van der Waals surface area contributed by atoms with E-state index in [9.17, 15) is 0 Å². The fourth-order valence-electron chi connectivity index (χ4n) is 2.25. The Kier molecular flexibility index (Phi) is 4.95. The van der Waals surface area contributed by atoms with E-state index in [2.05, 4.69) is 30.1 Å². The van der Waals surface area contributed by atoms with Gasteiger partial charge < -0.3 is 10.5 Å². The topological polar surface area (TPSA) is 62.3 Å². The summed E-state index contributed by atoms with van der Waals surface area (Å²) in [6.45, 7) is 1.67. The molecule has 21 heavy (non-hydrogen) atoms. The highest BCUT2D eigenvalue weighted by molar-refractivity contribution is 5.95. The molecular weight excluding hydrogens is 262 g/mol. The zero-order valence-corrected chi connectivity index (χ0v) is 12.5. The van der Waals surface area contributed by atoms with Gasteiger partial charge in [0, 0.05) is 18.7 Å². The molecule has 0 unspecified atom stereocenters. The Balaban J connectivity index is 1.98. The number of benzene rings is 2. The maximum atomic E-state index is 7.48. The number of nitrogens with two attached hydrogens (primary N) is 1. The first kappa shape index (κ1) is 15.1. The summed E-state index contributed by atoms with van der Waals surface area (Å²) in [4.78, 5) is 2.22. The molecule has 0 aliphatic heterocycles. The summed E-state index contributed by atoms with van der Waals surface area (Å²) in [7, 11) is 3.74. The number of nitrogen functional groups attached to an aromatic ring is 1. The molecule has 4 nitrogen and oxygen atoms in total. The quantitative estimate of drug-likeness (QED) is 0.633. The molecule has 0 heterocycles. The van der Waals surface area contributed by atoms with Crippen LogP contribution in [0.3, 0.4) is 0 Å². The predicted molar refractivity (Wildman–Crippen MR) is 85.6 cm³/mol. The van der Waals surface area contributed by atoms with Crippen molar-refractivity contribution >= 4 is 5.84 Å². The molecule has 2 aromatic carbocycles. The van der Waals surface area contributed by atoms with Gasteiger partial charge in [-0.25, -0.2) is 0 Å². The van der Waals surface area contributed by atoms with Gasteiger partial charge in [-0.05, 0) is 36.4 Å². The molecule has 0 fully saturated rings. The lowest BCUT2D eigenvalue weighted by atomic mass is 10.1. The van der Waals surface area contributed by atoms with Crippen LogP contribution in [0.4, 0.5) is 0 Å². The third kappa shape index (κ3) is 4.33. The fraction of sp³-hybridized carbons (Fsp3) is 0.235. The van der Waals surface area contributed by atoms with Crippen molar-refractivity contribution in [3.63, 3.8) is 0 Å². The average Bonchev–Trinajstić information content (AvgIpc) is 2.48. The number of nitrogens with zero attached hydrogens (tertiary/aromatic N) is 1. The zero-order chi connectivity index (χ0) is 15.2. The van der Waals surface area contributed by atoms with E-state index in [4.69, 9.17) is 15.9 Å². The minimum absolute atomic E-state index is 0.106. The van der Waals surface area contributed by atoms with E-state index in [0.717, 1.165) is 30.0 Å². The van der Waals surface area contributed by atoms with Crippen molar-refractivity contribution in [3.05, 3.63) is 65.2 Å². The van der Waals surface area contributed by atoms with Crippen LogP contribution in [0.25, 0.3) is 0 Å². The second-order valence-corrected chi connectivity index (χ2v) is 5.13. The summed E-state index contributed by atoms with van der Waals surface area (Å²) in [5.41, 5.74) is 8.68. The maximum Gasteiger partial charge on any atom is 0.122 e. The summed E-state index contributed by atoms with van der Waals surface area (Å²) < 4.78 is 5.16. The van der Waals surface area contributed by atoms with Crippen LogP contribution >= 0.6 is 0 Å². The van der Waals surface area contributed by atoms with E-state index in [1.54, 1.807) is 7.11 Å². The van der Waals surface area contributed by atoms with Crippen LogP contribution in [-0.4, -0.2) is 24.9 Å². The van der Waals surface area contributed by atoms with Crippen LogP contribution < -0.4 is 10.5 Å². The second-order valence-electron chi connectivity index (χ2n) is 5.13. The molecule has 4 heteroatoms. The van der Waals surface area contributed by atoms with E-state index in [-0.39, 0.29) is 5.84 Å². The van der Waals surface area contributed by atoms with E-state index in [1.807, 2.05) is 30.3 Å². The first-order valence-electron chi connectivity index (χ1n) is 6.83. The highest BCUT2D eigenvalue weighted by atomic mass is 16.5. The van der Waals surface area contributed by atoms with E-state index >= 15 is 0 Å². The lowest BCUT2D eigenvalue weighted by molar-refractivity contribution is 0.319. The van der Waals surface area contributed by atoms with Crippen molar-refractivity contribution in [2.75, 3.05) is 14.2 Å². The standard InChI is InChI=1S/C17H21N3O/c1-20(11-13-6-8-16(21-2)9-7-13)12-14-4-3-5-15(10-14)17(18)19/h3-10H,11-12H2,1-2H3,(H3,18,19). The van der Waals surface area contributed by atoms with Crippen molar-refractivity contribution in [2.45, 2.75) is 13.1 Å². The Morgan fingerprint density at radius 2 is 1.76 bits per heavy atom. The van der Waals surface area contributed by atoms with Crippen molar-refractivity contribution in [1.29, 1.82) is 5.41 Å². The van der Waals surface area contributed by atoms with Crippen molar-refractivity contribution in [3.8, 4) is 5.75 Å². The molecule has 0 aliphatic rings. The number of methoxy groups -OCH3 is 1. The van der Waals surface area contributed by atoms with Crippen molar-refractivity contribution in [1.82, 2.24) is 4.90 Å². The van der Waals surface area contributed by atoms with Crippen LogP contribution in [0.1, 0.15) is 16.7 Å². The minimum Gasteiger partial charge on any atom is -0.497 e. The van der Waals surface area contributed by atoms with Crippen LogP contribution in [0.5, 0.6) is 5.75 Å². The molecule has 2 aromatic rings. The number of nitrogens with one attached hydrogen (secondary N) is 1. The maximum absolute atomic E-state index is 7.48. The summed E-state index contributed by atoms with van der Waals surface area (Å²) >= 11 is 0. The van der Waals surface area contributed by atoms with E-state index in [0.29, 0.717) is 0 Å². The van der Waals surface area contributed by atoms with Gasteiger partial charge in [0.25, 0.3) is 0 Å². The summed E-state index contributed by atoms with van der Waals surface area (Å²) in [6, 6.07) is 15.9. The lowest BCUT2D eigenvalue weighted by Gasteiger charge is -2.17. The average molecular weight is 283 g/mol. The fourth-order valence-corrected chi connectivity index (χ4v) is 2.25. The number of amidine groups is 1. The molecule has 0 atom stereocenters. The summed E-state index contributed by atoms with van der Waals surface area (Å²) in [5, 5.41) is 7.48. The third-order valence-corrected chi connectivity index (χ3v) is 3.30. The Morgan fingerprint density at radius 1 is 1.10 bits per heavy atom. The van der Waals surface area contributed by atoms with Gasteiger partial charge in [-0.2, -0.15) is 0 Å². The first-order chi connectivity index (χ1) is 10.1. The second kappa shape index (κ2) is 6.90. The van der Waals surface area contributed by atoms with E-state index in [1.165, 1.54) is 5.56 Å². The molecule has 110 valence electrons. The van der Waals surface area contributed by atoms with Crippen molar-refractivity contribution in [2.24, 2.45) is 5.73 Å². The molecule has 3 N–H and O–H groups in total. The molecular formula is C17H21N3O. The first-order valence-corrected chi connectivity index (χ1v) is 6.83. The van der Waals surface area contributed by atoms with Crippen LogP contribution in [0, 0.1) is 5.41 Å². The monoisotopic (exact) mass is 283 g/mol. The van der Waals surface area contributed by atoms with Gasteiger partial charge >= 0.3 is 0 Å². The lowest BCUT2D eigenvalue weighted by Crippen LogP contribution is -2.18. The minimum atomic E-state index is 0.106. The van der Waals surface area contributed by atoms with Gasteiger partial charge in [0.1, 0.15) is 11.6 Å². The third-order valence-electron chi connectivity index (χ3n) is 3.30. The molecule has 0 aliphatic carbocycles. The molecule has 0 aromatic heterocycles.